The molecular weight excluding hydrogens is 344 g/mol. The third-order valence-electron chi connectivity index (χ3n) is 3.93. The van der Waals surface area contributed by atoms with Crippen molar-refractivity contribution in [1.82, 2.24) is 0 Å². The van der Waals surface area contributed by atoms with E-state index in [0.29, 0.717) is 18.0 Å². The van der Waals surface area contributed by atoms with E-state index >= 15 is 0 Å². The quantitative estimate of drug-likeness (QED) is 0.504. The second-order valence-electron chi connectivity index (χ2n) is 5.97. The Balaban J connectivity index is 1.91. The number of nitrogens with one attached hydrogen (secondary N) is 1. The van der Waals surface area contributed by atoms with Gasteiger partial charge in [0.25, 0.3) is 5.69 Å². The fraction of sp³-hybridized carbons (Fsp3) is 0.0952. The highest BCUT2D eigenvalue weighted by Crippen LogP contribution is 2.34. The predicted octanol–water partition coefficient (Wildman–Crippen LogP) is 4.80. The highest BCUT2D eigenvalue weighted by Gasteiger charge is 2.14. The average molecular weight is 362 g/mol. The lowest BCUT2D eigenvalue weighted by Gasteiger charge is -2.12. The van der Waals surface area contributed by atoms with E-state index in [2.05, 4.69) is 5.32 Å². The summed E-state index contributed by atoms with van der Waals surface area (Å²) in [6.45, 7) is 1.75. The molecule has 136 valence electrons. The Hall–Kier alpha value is -3.67. The van der Waals surface area contributed by atoms with E-state index in [1.54, 1.807) is 18.2 Å². The molecular formula is C21H18N2O4. The van der Waals surface area contributed by atoms with E-state index in [1.807, 2.05) is 42.5 Å². The van der Waals surface area contributed by atoms with Crippen molar-refractivity contribution in [2.24, 2.45) is 0 Å². The third-order valence-corrected chi connectivity index (χ3v) is 3.93. The van der Waals surface area contributed by atoms with Gasteiger partial charge in [-0.2, -0.15) is 0 Å². The highest BCUT2D eigenvalue weighted by atomic mass is 16.6. The Labute approximate surface area is 156 Å². The van der Waals surface area contributed by atoms with Gasteiger partial charge in [-0.3, -0.25) is 14.9 Å². The zero-order valence-corrected chi connectivity index (χ0v) is 14.7. The number of hydrogen-bond donors (Lipinski definition) is 1. The van der Waals surface area contributed by atoms with Gasteiger partial charge >= 0.3 is 0 Å². The summed E-state index contributed by atoms with van der Waals surface area (Å²) in [5.74, 6) is 0.283. The summed E-state index contributed by atoms with van der Waals surface area (Å²) in [7, 11) is 0. The number of nitro groups is 1. The molecule has 27 heavy (non-hydrogen) atoms. The van der Waals surface area contributed by atoms with Gasteiger partial charge < -0.3 is 10.1 Å². The van der Waals surface area contributed by atoms with Crippen LogP contribution in [0.2, 0.25) is 0 Å². The minimum Gasteiger partial charge on any atom is -0.488 e. The smallest absolute Gasteiger partial charge is 0.273 e. The molecule has 0 aliphatic heterocycles. The summed E-state index contributed by atoms with van der Waals surface area (Å²) in [4.78, 5) is 21.8. The molecule has 3 aromatic carbocycles. The molecule has 0 saturated carbocycles. The second-order valence-corrected chi connectivity index (χ2v) is 5.97. The minimum absolute atomic E-state index is 0.0309. The van der Waals surface area contributed by atoms with E-state index in [4.69, 9.17) is 4.74 Å². The van der Waals surface area contributed by atoms with Crippen molar-refractivity contribution in [3.63, 3.8) is 0 Å². The van der Waals surface area contributed by atoms with Crippen LogP contribution in [0.15, 0.2) is 72.8 Å². The number of nitrogens with zero attached hydrogens (tertiary/aromatic N) is 1. The van der Waals surface area contributed by atoms with E-state index in [0.717, 1.165) is 16.7 Å². The van der Waals surface area contributed by atoms with Crippen molar-refractivity contribution >= 4 is 17.3 Å². The predicted molar refractivity (Wildman–Crippen MR) is 104 cm³/mol. The fourth-order valence-corrected chi connectivity index (χ4v) is 2.65. The van der Waals surface area contributed by atoms with Crippen molar-refractivity contribution in [2.45, 2.75) is 13.5 Å². The van der Waals surface area contributed by atoms with Gasteiger partial charge in [0.05, 0.1) is 11.0 Å². The Kier molecular flexibility index (Phi) is 5.47. The molecule has 0 radical (unpaired) electrons. The normalized spacial score (nSPS) is 10.3. The molecule has 0 fully saturated rings. The maximum absolute atomic E-state index is 11.1. The van der Waals surface area contributed by atoms with Gasteiger partial charge in [-0.1, -0.05) is 42.5 Å². The Morgan fingerprint density at radius 2 is 1.74 bits per heavy atom. The minimum atomic E-state index is -0.445. The fourth-order valence-electron chi connectivity index (χ4n) is 2.65. The molecule has 0 unspecified atom stereocenters. The van der Waals surface area contributed by atoms with E-state index < -0.39 is 4.92 Å². The number of carbonyl (C=O) groups is 1. The van der Waals surface area contributed by atoms with Crippen molar-refractivity contribution < 1.29 is 14.5 Å². The molecule has 1 N–H and O–H groups in total. The van der Waals surface area contributed by atoms with Crippen molar-refractivity contribution in [3.05, 3.63) is 88.5 Å². The Morgan fingerprint density at radius 1 is 1.04 bits per heavy atom. The monoisotopic (exact) mass is 362 g/mol. The van der Waals surface area contributed by atoms with Crippen LogP contribution in [-0.2, 0) is 11.4 Å². The lowest BCUT2D eigenvalue weighted by atomic mass is 10.0. The van der Waals surface area contributed by atoms with Crippen LogP contribution in [0.1, 0.15) is 12.5 Å². The number of hydrogen-bond acceptors (Lipinski definition) is 4. The van der Waals surface area contributed by atoms with Crippen LogP contribution in [0.3, 0.4) is 0 Å². The number of nitro benzene ring substituents is 1. The summed E-state index contributed by atoms with van der Waals surface area (Å²) in [6, 6.07) is 21.4. The molecule has 0 bridgehead atoms. The highest BCUT2D eigenvalue weighted by molar-refractivity contribution is 5.89. The van der Waals surface area contributed by atoms with Gasteiger partial charge in [0.2, 0.25) is 5.91 Å². The number of benzene rings is 3. The molecule has 0 aliphatic carbocycles. The average Bonchev–Trinajstić information content (AvgIpc) is 2.67. The molecule has 0 saturated heterocycles. The summed E-state index contributed by atoms with van der Waals surface area (Å²) in [6.07, 6.45) is 0. The van der Waals surface area contributed by atoms with Crippen LogP contribution in [0.5, 0.6) is 5.75 Å². The Bertz CT molecular complexity index is 954. The largest absolute Gasteiger partial charge is 0.488 e. The number of carbonyl (C=O) groups excluding carboxylic acids is 1. The first kappa shape index (κ1) is 18.1. The van der Waals surface area contributed by atoms with Gasteiger partial charge in [0.1, 0.15) is 12.4 Å². The molecule has 0 heterocycles. The summed E-state index contributed by atoms with van der Waals surface area (Å²) in [5, 5.41) is 13.8. The van der Waals surface area contributed by atoms with Crippen LogP contribution in [0.4, 0.5) is 11.4 Å². The molecule has 6 heteroatoms. The maximum atomic E-state index is 11.1. The van der Waals surface area contributed by atoms with Gasteiger partial charge in [0.15, 0.2) is 0 Å². The zero-order valence-electron chi connectivity index (χ0n) is 14.7. The van der Waals surface area contributed by atoms with E-state index in [9.17, 15) is 14.9 Å². The second kappa shape index (κ2) is 8.14. The molecule has 6 nitrogen and oxygen atoms in total. The lowest BCUT2D eigenvalue weighted by molar-refractivity contribution is -0.384. The van der Waals surface area contributed by atoms with E-state index in [-0.39, 0.29) is 11.6 Å². The molecule has 3 rings (SSSR count). The zero-order chi connectivity index (χ0) is 19.2. The van der Waals surface area contributed by atoms with E-state index in [1.165, 1.54) is 19.1 Å². The number of amides is 1. The third kappa shape index (κ3) is 4.70. The Morgan fingerprint density at radius 3 is 2.37 bits per heavy atom. The summed E-state index contributed by atoms with van der Waals surface area (Å²) >= 11 is 0. The first-order valence-electron chi connectivity index (χ1n) is 8.36. The summed E-state index contributed by atoms with van der Waals surface area (Å²) < 4.78 is 5.89. The molecule has 0 aliphatic rings. The maximum Gasteiger partial charge on any atom is 0.273 e. The van der Waals surface area contributed by atoms with Crippen LogP contribution >= 0.6 is 0 Å². The molecule has 0 atom stereocenters. The van der Waals surface area contributed by atoms with Gasteiger partial charge in [-0.05, 0) is 29.3 Å². The molecule has 1 amide bonds. The SMILES string of the molecule is CC(=O)Nc1ccc(-c2ccc([N+](=O)[O-])cc2OCc2ccccc2)cc1. The first-order chi connectivity index (χ1) is 13.0. The molecule has 0 aromatic heterocycles. The van der Waals surface area contributed by atoms with Crippen molar-refractivity contribution in [2.75, 3.05) is 5.32 Å². The number of ether oxygens (including phenoxy) is 1. The number of anilines is 1. The van der Waals surface area contributed by atoms with Crippen LogP contribution in [0, 0.1) is 10.1 Å². The van der Waals surface area contributed by atoms with Gasteiger partial charge in [-0.25, -0.2) is 0 Å². The van der Waals surface area contributed by atoms with Crippen LogP contribution < -0.4 is 10.1 Å². The van der Waals surface area contributed by atoms with Crippen molar-refractivity contribution in [3.8, 4) is 16.9 Å². The standard InChI is InChI=1S/C21H18N2O4/c1-15(24)22-18-9-7-17(8-10-18)20-12-11-19(23(25)26)13-21(20)27-14-16-5-3-2-4-6-16/h2-13H,14H2,1H3,(H,22,24). The van der Waals surface area contributed by atoms with Crippen molar-refractivity contribution in [1.29, 1.82) is 0 Å². The molecule has 0 spiro atoms. The number of rotatable bonds is 6. The first-order valence-corrected chi connectivity index (χ1v) is 8.36. The number of non-ortho nitro benzene ring substituents is 1. The summed E-state index contributed by atoms with van der Waals surface area (Å²) in [5.41, 5.74) is 3.19. The lowest BCUT2D eigenvalue weighted by Crippen LogP contribution is -2.05. The molecule has 3 aromatic rings. The van der Waals surface area contributed by atoms with Gasteiger partial charge in [-0.15, -0.1) is 0 Å². The van der Waals surface area contributed by atoms with Gasteiger partial charge in [0, 0.05) is 24.2 Å². The van der Waals surface area contributed by atoms with Crippen LogP contribution in [0.25, 0.3) is 11.1 Å². The van der Waals surface area contributed by atoms with Crippen LogP contribution in [-0.4, -0.2) is 10.8 Å². The topological polar surface area (TPSA) is 81.5 Å².